The molecule has 3 rings (SSSR count). The number of aromatic nitrogens is 1. The van der Waals surface area contributed by atoms with E-state index in [1.807, 2.05) is 6.07 Å². The quantitative estimate of drug-likeness (QED) is 0.547. The molecule has 1 aromatic heterocycles. The molecule has 0 saturated heterocycles. The van der Waals surface area contributed by atoms with Crippen LogP contribution in [-0.4, -0.2) is 32.0 Å². The summed E-state index contributed by atoms with van der Waals surface area (Å²) in [5.74, 6) is -1.59. The van der Waals surface area contributed by atoms with Gasteiger partial charge in [0.15, 0.2) is 0 Å². The van der Waals surface area contributed by atoms with Gasteiger partial charge in [0, 0.05) is 42.1 Å². The molecule has 0 spiro atoms. The summed E-state index contributed by atoms with van der Waals surface area (Å²) in [7, 11) is 7.44. The van der Waals surface area contributed by atoms with Crippen LogP contribution in [-0.2, 0) is 22.7 Å². The molecule has 9 heteroatoms. The zero-order chi connectivity index (χ0) is 23.3. The van der Waals surface area contributed by atoms with E-state index in [9.17, 15) is 18.4 Å². The fourth-order valence-corrected chi connectivity index (χ4v) is 3.14. The molecule has 32 heavy (non-hydrogen) atoms. The Bertz CT molecular complexity index is 1200. The molecule has 0 fully saturated rings. The highest BCUT2D eigenvalue weighted by molar-refractivity contribution is 6.34. The molecule has 3 aromatic rings. The molecule has 164 valence electrons. The number of halogens is 2. The van der Waals surface area contributed by atoms with Gasteiger partial charge < -0.3 is 14.8 Å². The van der Waals surface area contributed by atoms with Gasteiger partial charge in [0.2, 0.25) is 5.91 Å². The number of ether oxygens (including phenoxy) is 2. The first-order valence-corrected chi connectivity index (χ1v) is 9.74. The molecule has 1 amide bonds. The third kappa shape index (κ3) is 5.42. The van der Waals surface area contributed by atoms with Crippen LogP contribution >= 0.6 is 0 Å². The normalized spacial score (nSPS) is 10.8. The van der Waals surface area contributed by atoms with Crippen molar-refractivity contribution in [3.05, 3.63) is 87.3 Å². The van der Waals surface area contributed by atoms with Gasteiger partial charge in [-0.05, 0) is 42.8 Å². The third-order valence-electron chi connectivity index (χ3n) is 4.72. The van der Waals surface area contributed by atoms with Gasteiger partial charge in [-0.2, -0.15) is 0 Å². The van der Waals surface area contributed by atoms with Crippen LogP contribution in [0, 0.1) is 18.6 Å². The van der Waals surface area contributed by atoms with Crippen molar-refractivity contribution in [3.8, 4) is 11.4 Å². The van der Waals surface area contributed by atoms with Gasteiger partial charge in [0.25, 0.3) is 5.56 Å². The number of benzene rings is 2. The van der Waals surface area contributed by atoms with Crippen molar-refractivity contribution in [1.29, 1.82) is 0 Å². The van der Waals surface area contributed by atoms with E-state index < -0.39 is 17.2 Å². The van der Waals surface area contributed by atoms with Crippen LogP contribution in [0.4, 0.5) is 8.78 Å². The van der Waals surface area contributed by atoms with Crippen LogP contribution < -0.4 is 21.1 Å². The number of carbonyl (C=O) groups is 1. The lowest BCUT2D eigenvalue weighted by molar-refractivity contribution is -0.124. The van der Waals surface area contributed by atoms with Crippen molar-refractivity contribution >= 4 is 19.2 Å². The molecule has 6 nitrogen and oxygen atoms in total. The SMILES string of the molecule is [B]c1c(OCc2ccc(F)cc2F)cc(C)n(-c2cccc(CNC(=O)COC)c2)c1=O. The molecular weight excluding hydrogens is 417 g/mol. The van der Waals surface area contributed by atoms with Crippen LogP contribution in [0.15, 0.2) is 53.3 Å². The highest BCUT2D eigenvalue weighted by Crippen LogP contribution is 2.17. The predicted octanol–water partition coefficient (Wildman–Crippen LogP) is 2.06. The van der Waals surface area contributed by atoms with E-state index in [-0.39, 0.29) is 42.4 Å². The Labute approximate surface area is 185 Å². The smallest absolute Gasteiger partial charge is 0.251 e. The van der Waals surface area contributed by atoms with Gasteiger partial charge in [-0.25, -0.2) is 8.78 Å². The molecule has 0 aliphatic heterocycles. The molecule has 0 aliphatic carbocycles. The minimum absolute atomic E-state index is 0.0436. The van der Waals surface area contributed by atoms with Gasteiger partial charge >= 0.3 is 0 Å². The zero-order valence-electron chi connectivity index (χ0n) is 17.7. The summed E-state index contributed by atoms with van der Waals surface area (Å²) in [5, 5.41) is 2.72. The number of hydrogen-bond donors (Lipinski definition) is 1. The Balaban J connectivity index is 1.83. The van der Waals surface area contributed by atoms with E-state index in [4.69, 9.17) is 17.3 Å². The molecule has 0 aliphatic rings. The van der Waals surface area contributed by atoms with Gasteiger partial charge in [-0.15, -0.1) is 0 Å². The lowest BCUT2D eigenvalue weighted by Gasteiger charge is -2.16. The summed E-state index contributed by atoms with van der Waals surface area (Å²) < 4.78 is 38.7. The van der Waals surface area contributed by atoms with E-state index in [0.717, 1.165) is 17.7 Å². The molecule has 1 heterocycles. The molecule has 2 radical (unpaired) electrons. The van der Waals surface area contributed by atoms with E-state index in [0.29, 0.717) is 11.4 Å². The maximum Gasteiger partial charge on any atom is 0.251 e. The first-order chi connectivity index (χ1) is 15.3. The first-order valence-electron chi connectivity index (χ1n) is 9.74. The van der Waals surface area contributed by atoms with Crippen molar-refractivity contribution in [2.45, 2.75) is 20.1 Å². The Hall–Kier alpha value is -3.46. The van der Waals surface area contributed by atoms with Gasteiger partial charge in [-0.3, -0.25) is 14.2 Å². The molecule has 0 atom stereocenters. The number of nitrogens with zero attached hydrogens (tertiary/aromatic N) is 1. The van der Waals surface area contributed by atoms with E-state index >= 15 is 0 Å². The predicted molar refractivity (Wildman–Crippen MR) is 117 cm³/mol. The average molecular weight is 438 g/mol. The van der Waals surface area contributed by atoms with Crippen LogP contribution in [0.2, 0.25) is 0 Å². The summed E-state index contributed by atoms with van der Waals surface area (Å²) in [6, 6.07) is 11.8. The van der Waals surface area contributed by atoms with Crippen LogP contribution in [0.25, 0.3) is 5.69 Å². The lowest BCUT2D eigenvalue weighted by atomic mass is 9.96. The summed E-state index contributed by atoms with van der Waals surface area (Å²) in [5.41, 5.74) is 1.38. The second-order valence-corrected chi connectivity index (χ2v) is 7.11. The zero-order valence-corrected chi connectivity index (χ0v) is 17.7. The fourth-order valence-electron chi connectivity index (χ4n) is 3.14. The number of aryl methyl sites for hydroxylation is 1. The van der Waals surface area contributed by atoms with Crippen molar-refractivity contribution in [3.63, 3.8) is 0 Å². The van der Waals surface area contributed by atoms with Gasteiger partial charge in [0.1, 0.15) is 38.4 Å². The number of pyridine rings is 1. The summed E-state index contributed by atoms with van der Waals surface area (Å²) in [6.07, 6.45) is 0. The van der Waals surface area contributed by atoms with E-state index in [1.54, 1.807) is 31.2 Å². The second-order valence-electron chi connectivity index (χ2n) is 7.11. The van der Waals surface area contributed by atoms with Crippen molar-refractivity contribution in [2.75, 3.05) is 13.7 Å². The molecule has 0 bridgehead atoms. The Morgan fingerprint density at radius 3 is 2.66 bits per heavy atom. The van der Waals surface area contributed by atoms with Crippen molar-refractivity contribution in [1.82, 2.24) is 9.88 Å². The van der Waals surface area contributed by atoms with Gasteiger partial charge in [-0.1, -0.05) is 12.1 Å². The maximum absolute atomic E-state index is 13.8. The maximum atomic E-state index is 13.8. The minimum atomic E-state index is -0.747. The fraction of sp³-hybridized carbons (Fsp3) is 0.217. The Morgan fingerprint density at radius 2 is 1.94 bits per heavy atom. The third-order valence-corrected chi connectivity index (χ3v) is 4.72. The number of hydrogen-bond acceptors (Lipinski definition) is 4. The Morgan fingerprint density at radius 1 is 1.16 bits per heavy atom. The summed E-state index contributed by atoms with van der Waals surface area (Å²) >= 11 is 0. The average Bonchev–Trinajstić information content (AvgIpc) is 2.75. The molecule has 0 unspecified atom stereocenters. The number of rotatable bonds is 8. The lowest BCUT2D eigenvalue weighted by Crippen LogP contribution is -2.36. The summed E-state index contributed by atoms with van der Waals surface area (Å²) in [6.45, 7) is 1.72. The van der Waals surface area contributed by atoms with E-state index in [1.165, 1.54) is 17.7 Å². The minimum Gasteiger partial charge on any atom is -0.489 e. The monoisotopic (exact) mass is 438 g/mol. The standard InChI is InChI=1S/C23H21BF2N2O4/c1-14-8-20(32-12-16-6-7-17(25)10-19(16)26)22(24)23(30)28(14)18-5-3-4-15(9-18)11-27-21(29)13-31-2/h3-10H,11-13H2,1-2H3,(H,27,29). The molecular formula is C23H21BF2N2O4. The number of methoxy groups -OCH3 is 1. The van der Waals surface area contributed by atoms with Crippen molar-refractivity contribution in [2.24, 2.45) is 0 Å². The van der Waals surface area contributed by atoms with E-state index in [2.05, 4.69) is 5.32 Å². The highest BCUT2D eigenvalue weighted by atomic mass is 19.1. The van der Waals surface area contributed by atoms with Gasteiger partial charge in [0.05, 0.1) is 0 Å². The number of nitrogens with one attached hydrogen (secondary N) is 1. The van der Waals surface area contributed by atoms with Crippen molar-refractivity contribution < 1.29 is 23.0 Å². The molecule has 1 N–H and O–H groups in total. The topological polar surface area (TPSA) is 69.6 Å². The second kappa shape index (κ2) is 10.2. The summed E-state index contributed by atoms with van der Waals surface area (Å²) in [4.78, 5) is 24.5. The molecule has 2 aromatic carbocycles. The van der Waals surface area contributed by atoms with Crippen LogP contribution in [0.3, 0.4) is 0 Å². The molecule has 0 saturated carbocycles. The Kier molecular flexibility index (Phi) is 7.43. The number of amides is 1. The first kappa shape index (κ1) is 23.2. The highest BCUT2D eigenvalue weighted by Gasteiger charge is 2.13. The van der Waals surface area contributed by atoms with Crippen LogP contribution in [0.1, 0.15) is 16.8 Å². The number of carbonyl (C=O) groups excluding carboxylic acids is 1. The largest absolute Gasteiger partial charge is 0.489 e. The van der Waals surface area contributed by atoms with Crippen LogP contribution in [0.5, 0.6) is 5.75 Å².